The van der Waals surface area contributed by atoms with Crippen molar-refractivity contribution in [1.82, 2.24) is 0 Å². The fourth-order valence-corrected chi connectivity index (χ4v) is 0.460. The summed E-state index contributed by atoms with van der Waals surface area (Å²) in [6, 6.07) is 0. The lowest BCUT2D eigenvalue weighted by Gasteiger charge is -2.01. The van der Waals surface area contributed by atoms with Gasteiger partial charge in [0.1, 0.15) is 6.29 Å². The van der Waals surface area contributed by atoms with Crippen molar-refractivity contribution in [2.45, 2.75) is 19.8 Å². The van der Waals surface area contributed by atoms with E-state index in [0.29, 0.717) is 12.8 Å². The molecule has 3 heteroatoms. The molecule has 1 atom stereocenters. The van der Waals surface area contributed by atoms with Crippen LogP contribution in [0.5, 0.6) is 0 Å². The third kappa shape index (κ3) is 3.70. The monoisotopic (exact) mass is 129 g/mol. The summed E-state index contributed by atoms with van der Waals surface area (Å²) in [4.78, 5) is 20.1. The van der Waals surface area contributed by atoms with Crippen molar-refractivity contribution in [3.63, 3.8) is 0 Å². The number of carbonyl (C=O) groups is 2. The minimum absolute atomic E-state index is 0.171. The molecule has 0 aliphatic rings. The Bertz CT molecular complexity index is 112. The highest BCUT2D eigenvalue weighted by atomic mass is 16.1. The molecule has 0 radical (unpaired) electrons. The van der Waals surface area contributed by atoms with Crippen LogP contribution in [-0.2, 0) is 9.59 Å². The summed E-state index contributed by atoms with van der Waals surface area (Å²) in [5.74, 6) is -0.507. The van der Waals surface area contributed by atoms with E-state index in [1.165, 1.54) is 0 Å². The van der Waals surface area contributed by atoms with Gasteiger partial charge in [0.25, 0.3) is 0 Å². The highest BCUT2D eigenvalue weighted by Crippen LogP contribution is 2.01. The zero-order valence-corrected chi connectivity index (χ0v) is 5.46. The minimum Gasteiger partial charge on any atom is -0.369 e. The molecule has 0 aromatic rings. The molecular formula is C6H11NO2. The summed E-state index contributed by atoms with van der Waals surface area (Å²) in [7, 11) is 0. The van der Waals surface area contributed by atoms with Gasteiger partial charge in [0, 0.05) is 12.3 Å². The maximum absolute atomic E-state index is 10.3. The number of rotatable bonds is 4. The maximum Gasteiger partial charge on any atom is 0.220 e. The van der Waals surface area contributed by atoms with E-state index >= 15 is 0 Å². The average Bonchev–Trinajstić information content (AvgIpc) is 1.82. The van der Waals surface area contributed by atoms with E-state index in [9.17, 15) is 9.59 Å². The SMILES string of the molecule is CC(CCC=O)C(N)=O. The predicted octanol–water partition coefficient (Wildman–Crippen LogP) is 0.0869. The van der Waals surface area contributed by atoms with Crippen LogP contribution >= 0.6 is 0 Å². The summed E-state index contributed by atoms with van der Waals surface area (Å²) in [6.45, 7) is 1.71. The standard InChI is InChI=1S/C6H11NO2/c1-5(6(7)9)3-2-4-8/h4-5H,2-3H2,1H3,(H2,7,9). The first-order chi connectivity index (χ1) is 4.18. The van der Waals surface area contributed by atoms with Gasteiger partial charge >= 0.3 is 0 Å². The fourth-order valence-electron chi connectivity index (χ4n) is 0.460. The van der Waals surface area contributed by atoms with E-state index < -0.39 is 0 Å². The molecule has 0 aromatic heterocycles. The van der Waals surface area contributed by atoms with E-state index in [-0.39, 0.29) is 11.8 Å². The zero-order chi connectivity index (χ0) is 7.28. The van der Waals surface area contributed by atoms with Crippen LogP contribution in [0.25, 0.3) is 0 Å². The van der Waals surface area contributed by atoms with Crippen molar-refractivity contribution in [3.05, 3.63) is 0 Å². The Morgan fingerprint density at radius 1 is 1.78 bits per heavy atom. The number of carbonyl (C=O) groups excluding carboxylic acids is 2. The Labute approximate surface area is 54.2 Å². The van der Waals surface area contributed by atoms with Gasteiger partial charge in [0.05, 0.1) is 0 Å². The largest absolute Gasteiger partial charge is 0.369 e. The van der Waals surface area contributed by atoms with Crippen LogP contribution in [0.2, 0.25) is 0 Å². The van der Waals surface area contributed by atoms with E-state index in [2.05, 4.69) is 0 Å². The minimum atomic E-state index is -0.336. The Kier molecular flexibility index (Phi) is 3.67. The second kappa shape index (κ2) is 4.06. The lowest BCUT2D eigenvalue weighted by molar-refractivity contribution is -0.121. The molecule has 0 aromatic carbocycles. The third-order valence-electron chi connectivity index (χ3n) is 1.20. The van der Waals surface area contributed by atoms with E-state index in [0.717, 1.165) is 6.29 Å². The molecule has 0 aliphatic heterocycles. The van der Waals surface area contributed by atoms with Gasteiger partial charge in [-0.2, -0.15) is 0 Å². The zero-order valence-electron chi connectivity index (χ0n) is 5.46. The summed E-state index contributed by atoms with van der Waals surface area (Å²) >= 11 is 0. The van der Waals surface area contributed by atoms with E-state index in [1.54, 1.807) is 6.92 Å². The van der Waals surface area contributed by atoms with Crippen molar-refractivity contribution >= 4 is 12.2 Å². The van der Waals surface area contributed by atoms with Crippen LogP contribution in [-0.4, -0.2) is 12.2 Å². The molecule has 0 saturated carbocycles. The fraction of sp³-hybridized carbons (Fsp3) is 0.667. The highest BCUT2D eigenvalue weighted by molar-refractivity contribution is 5.76. The Hall–Kier alpha value is -0.860. The first-order valence-corrected chi connectivity index (χ1v) is 2.91. The summed E-state index contributed by atoms with van der Waals surface area (Å²) in [5, 5.41) is 0. The lowest BCUT2D eigenvalue weighted by Crippen LogP contribution is -2.20. The van der Waals surface area contributed by atoms with Gasteiger partial charge in [-0.15, -0.1) is 0 Å². The second-order valence-electron chi connectivity index (χ2n) is 2.05. The molecular weight excluding hydrogens is 118 g/mol. The summed E-state index contributed by atoms with van der Waals surface area (Å²) in [6.07, 6.45) is 1.78. The van der Waals surface area contributed by atoms with Crippen molar-refractivity contribution in [2.75, 3.05) is 0 Å². The number of nitrogens with two attached hydrogens (primary N) is 1. The first kappa shape index (κ1) is 8.14. The van der Waals surface area contributed by atoms with E-state index in [1.807, 2.05) is 0 Å². The molecule has 52 valence electrons. The van der Waals surface area contributed by atoms with Gasteiger partial charge in [0.2, 0.25) is 5.91 Å². The molecule has 0 spiro atoms. The first-order valence-electron chi connectivity index (χ1n) is 2.91. The number of primary amides is 1. The molecule has 9 heavy (non-hydrogen) atoms. The smallest absolute Gasteiger partial charge is 0.220 e. The molecule has 1 amide bonds. The molecule has 0 heterocycles. The van der Waals surface area contributed by atoms with Crippen LogP contribution in [0.1, 0.15) is 19.8 Å². The van der Waals surface area contributed by atoms with Crippen LogP contribution < -0.4 is 5.73 Å². The molecule has 0 aliphatic carbocycles. The summed E-state index contributed by atoms with van der Waals surface area (Å²) in [5.41, 5.74) is 4.92. The van der Waals surface area contributed by atoms with E-state index in [4.69, 9.17) is 5.73 Å². The number of hydrogen-bond donors (Lipinski definition) is 1. The number of hydrogen-bond acceptors (Lipinski definition) is 2. The van der Waals surface area contributed by atoms with Crippen molar-refractivity contribution in [1.29, 1.82) is 0 Å². The Morgan fingerprint density at radius 3 is 2.67 bits per heavy atom. The lowest BCUT2D eigenvalue weighted by atomic mass is 10.1. The molecule has 2 N–H and O–H groups in total. The topological polar surface area (TPSA) is 60.2 Å². The normalized spacial score (nSPS) is 12.6. The molecule has 1 unspecified atom stereocenters. The molecule has 0 saturated heterocycles. The van der Waals surface area contributed by atoms with Crippen molar-refractivity contribution < 1.29 is 9.59 Å². The van der Waals surface area contributed by atoms with Gasteiger partial charge < -0.3 is 10.5 Å². The highest BCUT2D eigenvalue weighted by Gasteiger charge is 2.06. The van der Waals surface area contributed by atoms with Gasteiger partial charge in [-0.05, 0) is 6.42 Å². The van der Waals surface area contributed by atoms with Gasteiger partial charge in [-0.3, -0.25) is 4.79 Å². The average molecular weight is 129 g/mol. The number of aldehydes is 1. The van der Waals surface area contributed by atoms with Gasteiger partial charge in [-0.25, -0.2) is 0 Å². The maximum atomic E-state index is 10.3. The second-order valence-corrected chi connectivity index (χ2v) is 2.05. The van der Waals surface area contributed by atoms with Crippen LogP contribution in [0, 0.1) is 5.92 Å². The third-order valence-corrected chi connectivity index (χ3v) is 1.20. The van der Waals surface area contributed by atoms with Gasteiger partial charge in [0.15, 0.2) is 0 Å². The van der Waals surface area contributed by atoms with Crippen LogP contribution in [0.4, 0.5) is 0 Å². The number of amides is 1. The van der Waals surface area contributed by atoms with Crippen LogP contribution in [0.15, 0.2) is 0 Å². The molecule has 0 fully saturated rings. The van der Waals surface area contributed by atoms with Crippen molar-refractivity contribution in [3.8, 4) is 0 Å². The molecule has 0 rings (SSSR count). The predicted molar refractivity (Wildman–Crippen MR) is 33.7 cm³/mol. The molecule has 3 nitrogen and oxygen atoms in total. The Balaban J connectivity index is 3.37. The quantitative estimate of drug-likeness (QED) is 0.547. The van der Waals surface area contributed by atoms with Crippen LogP contribution in [0.3, 0.4) is 0 Å². The molecule has 0 bridgehead atoms. The Morgan fingerprint density at radius 2 is 2.33 bits per heavy atom. The van der Waals surface area contributed by atoms with Gasteiger partial charge in [-0.1, -0.05) is 6.92 Å². The van der Waals surface area contributed by atoms with Crippen molar-refractivity contribution in [2.24, 2.45) is 11.7 Å². The summed E-state index contributed by atoms with van der Waals surface area (Å²) < 4.78 is 0.